The molecule has 0 saturated heterocycles. The maximum Gasteiger partial charge on any atom is 0.324 e. The number of methoxy groups -OCH3 is 1. The second-order valence-corrected chi connectivity index (χ2v) is 9.62. The third-order valence-electron chi connectivity index (χ3n) is 6.20. The number of nitrogens with zero attached hydrogens (tertiary/aromatic N) is 4. The molecular weight excluding hydrogens is 508 g/mol. The topological polar surface area (TPSA) is 145 Å². The summed E-state index contributed by atoms with van der Waals surface area (Å²) in [6.45, 7) is 7.39. The summed E-state index contributed by atoms with van der Waals surface area (Å²) < 4.78 is 12.7. The highest BCUT2D eigenvalue weighted by atomic mass is 16.5. The molecule has 0 fully saturated rings. The van der Waals surface area contributed by atoms with E-state index in [1.54, 1.807) is 42.3 Å². The largest absolute Gasteiger partial charge is 0.497 e. The van der Waals surface area contributed by atoms with Crippen molar-refractivity contribution in [1.29, 1.82) is 5.26 Å². The van der Waals surface area contributed by atoms with Crippen LogP contribution in [0.3, 0.4) is 0 Å². The number of pyridine rings is 2. The van der Waals surface area contributed by atoms with Crippen molar-refractivity contribution >= 4 is 28.6 Å². The number of nitrogens with two attached hydrogens (primary N) is 1. The number of esters is 1. The first kappa shape index (κ1) is 28.0. The first-order valence-corrected chi connectivity index (χ1v) is 12.6. The normalized spacial score (nSPS) is 11.6. The molecular formula is C30H30N6O4. The van der Waals surface area contributed by atoms with E-state index in [4.69, 9.17) is 20.2 Å². The molecule has 3 aromatic heterocycles. The van der Waals surface area contributed by atoms with Gasteiger partial charge in [0.1, 0.15) is 29.2 Å². The number of ether oxygens (including phenoxy) is 2. The number of carbonyl (C=O) groups excluding carboxylic acids is 2. The highest BCUT2D eigenvalue weighted by Gasteiger charge is 2.19. The van der Waals surface area contributed by atoms with Crippen molar-refractivity contribution in [3.63, 3.8) is 0 Å². The fraction of sp³-hybridized carbons (Fsp3) is 0.233. The summed E-state index contributed by atoms with van der Waals surface area (Å²) in [7, 11) is 1.54. The zero-order chi connectivity index (χ0) is 28.8. The van der Waals surface area contributed by atoms with Crippen LogP contribution in [0.25, 0.3) is 33.3 Å². The molecule has 10 heteroatoms. The smallest absolute Gasteiger partial charge is 0.324 e. The van der Waals surface area contributed by atoms with Crippen LogP contribution in [0.2, 0.25) is 0 Å². The molecule has 0 bridgehead atoms. The maximum atomic E-state index is 12.5. The molecule has 3 heterocycles. The molecule has 0 unspecified atom stereocenters. The zero-order valence-corrected chi connectivity index (χ0v) is 22.5. The molecule has 0 radical (unpaired) electrons. The number of aromatic nitrogens is 3. The summed E-state index contributed by atoms with van der Waals surface area (Å²) in [4.78, 5) is 33.2. The summed E-state index contributed by atoms with van der Waals surface area (Å²) in [6, 6.07) is 12.1. The van der Waals surface area contributed by atoms with E-state index >= 15 is 0 Å². The quantitative estimate of drug-likeness (QED) is 0.219. The Bertz CT molecular complexity index is 1620. The molecule has 1 atom stereocenters. The number of fused-ring (bicyclic) bond motifs is 1. The van der Waals surface area contributed by atoms with E-state index in [1.165, 1.54) is 6.08 Å². The second kappa shape index (κ2) is 12.2. The number of carbonyl (C=O) groups is 2. The summed E-state index contributed by atoms with van der Waals surface area (Å²) in [5, 5.41) is 12.9. The number of benzene rings is 1. The number of hydrogen-bond donors (Lipinski definition) is 2. The molecule has 204 valence electrons. The molecule has 10 nitrogen and oxygen atoms in total. The van der Waals surface area contributed by atoms with Gasteiger partial charge >= 0.3 is 5.97 Å². The lowest BCUT2D eigenvalue weighted by Gasteiger charge is -2.14. The summed E-state index contributed by atoms with van der Waals surface area (Å²) in [6.07, 6.45) is 6.78. The van der Waals surface area contributed by atoms with Crippen molar-refractivity contribution in [2.75, 3.05) is 12.4 Å². The Morgan fingerprint density at radius 2 is 1.98 bits per heavy atom. The minimum Gasteiger partial charge on any atom is -0.497 e. The van der Waals surface area contributed by atoms with Gasteiger partial charge in [-0.3, -0.25) is 14.2 Å². The Labute approximate surface area is 232 Å². The van der Waals surface area contributed by atoms with Crippen LogP contribution < -0.4 is 15.8 Å². The zero-order valence-electron chi connectivity index (χ0n) is 22.5. The number of nitrogens with one attached hydrogen (secondary N) is 1. The number of amides is 1. The molecule has 0 aliphatic rings. The standard InChI is InChI=1S/C30H30N6O4/c1-5-28(37)35-22-10-20(11-24(13-22)39-4)21-12-25-26(19-6-7-33-23(9-19)14-31)16-36(29(25)34-15-21)17-40-30(38)27(32)8-18(2)3/h5-7,9-13,15-16,18,27H,1,8,17,32H2,2-4H3,(H,35,37)/t27-/m0/s1. The molecule has 3 N–H and O–H groups in total. The van der Waals surface area contributed by atoms with Gasteiger partial charge in [0, 0.05) is 46.9 Å². The van der Waals surface area contributed by atoms with Gasteiger partial charge in [-0.05, 0) is 59.9 Å². The van der Waals surface area contributed by atoms with Gasteiger partial charge < -0.3 is 20.5 Å². The van der Waals surface area contributed by atoms with Crippen LogP contribution in [0, 0.1) is 17.2 Å². The van der Waals surface area contributed by atoms with Crippen LogP contribution >= 0.6 is 0 Å². The molecule has 4 aromatic rings. The van der Waals surface area contributed by atoms with Crippen LogP contribution in [0.4, 0.5) is 5.69 Å². The third kappa shape index (κ3) is 6.34. The van der Waals surface area contributed by atoms with Gasteiger partial charge in [-0.15, -0.1) is 0 Å². The Balaban J connectivity index is 1.79. The van der Waals surface area contributed by atoms with E-state index in [0.717, 1.165) is 27.6 Å². The molecule has 1 aromatic carbocycles. The van der Waals surface area contributed by atoms with E-state index in [9.17, 15) is 14.9 Å². The second-order valence-electron chi connectivity index (χ2n) is 9.62. The lowest BCUT2D eigenvalue weighted by Crippen LogP contribution is -2.33. The summed E-state index contributed by atoms with van der Waals surface area (Å²) in [5.74, 6) is -0.0345. The van der Waals surface area contributed by atoms with E-state index in [0.29, 0.717) is 23.5 Å². The van der Waals surface area contributed by atoms with Crippen molar-refractivity contribution in [1.82, 2.24) is 14.5 Å². The lowest BCUT2D eigenvalue weighted by atomic mass is 10.0. The monoisotopic (exact) mass is 538 g/mol. The Morgan fingerprint density at radius 1 is 1.18 bits per heavy atom. The Morgan fingerprint density at radius 3 is 2.67 bits per heavy atom. The average molecular weight is 539 g/mol. The molecule has 0 aliphatic carbocycles. The fourth-order valence-corrected chi connectivity index (χ4v) is 4.31. The van der Waals surface area contributed by atoms with Gasteiger partial charge in [0.25, 0.3) is 0 Å². The summed E-state index contributed by atoms with van der Waals surface area (Å²) >= 11 is 0. The van der Waals surface area contributed by atoms with Crippen molar-refractivity contribution in [3.8, 4) is 34.1 Å². The number of anilines is 1. The first-order valence-electron chi connectivity index (χ1n) is 12.6. The SMILES string of the molecule is C=CC(=O)Nc1cc(OC)cc(-c2cnc3c(c2)c(-c2ccnc(C#N)c2)cn3COC(=O)[C@@H](N)CC(C)C)c1. The molecule has 4 rings (SSSR count). The number of rotatable bonds is 10. The minimum atomic E-state index is -0.719. The van der Waals surface area contributed by atoms with Crippen LogP contribution in [0.5, 0.6) is 5.75 Å². The van der Waals surface area contributed by atoms with Gasteiger partial charge in [0.15, 0.2) is 6.73 Å². The predicted octanol–water partition coefficient (Wildman–Crippen LogP) is 4.64. The Hall–Kier alpha value is -5.01. The third-order valence-corrected chi connectivity index (χ3v) is 6.20. The molecule has 0 aliphatic heterocycles. The van der Waals surface area contributed by atoms with E-state index in [1.807, 2.05) is 38.2 Å². The van der Waals surface area contributed by atoms with Crippen LogP contribution in [0.15, 0.2) is 67.6 Å². The van der Waals surface area contributed by atoms with Gasteiger partial charge in [-0.2, -0.15) is 5.26 Å². The molecule has 0 spiro atoms. The van der Waals surface area contributed by atoms with Gasteiger partial charge in [-0.1, -0.05) is 20.4 Å². The molecule has 40 heavy (non-hydrogen) atoms. The van der Waals surface area contributed by atoms with Gasteiger partial charge in [-0.25, -0.2) is 9.97 Å². The van der Waals surface area contributed by atoms with E-state index in [-0.39, 0.29) is 24.2 Å². The van der Waals surface area contributed by atoms with Crippen molar-refractivity contribution < 1.29 is 19.1 Å². The first-order chi connectivity index (χ1) is 19.2. The van der Waals surface area contributed by atoms with E-state index < -0.39 is 12.0 Å². The van der Waals surface area contributed by atoms with Crippen molar-refractivity contribution in [2.45, 2.75) is 33.0 Å². The fourth-order valence-electron chi connectivity index (χ4n) is 4.31. The lowest BCUT2D eigenvalue weighted by molar-refractivity contribution is -0.149. The highest BCUT2D eigenvalue weighted by Crippen LogP contribution is 2.35. The van der Waals surface area contributed by atoms with E-state index in [2.05, 4.69) is 22.9 Å². The number of hydrogen-bond acceptors (Lipinski definition) is 8. The van der Waals surface area contributed by atoms with Gasteiger partial charge in [0.05, 0.1) is 7.11 Å². The van der Waals surface area contributed by atoms with Gasteiger partial charge in [0.2, 0.25) is 5.91 Å². The van der Waals surface area contributed by atoms with Crippen LogP contribution in [-0.2, 0) is 21.1 Å². The molecule has 0 saturated carbocycles. The van der Waals surface area contributed by atoms with Crippen LogP contribution in [-0.4, -0.2) is 39.6 Å². The van der Waals surface area contributed by atoms with Crippen molar-refractivity contribution in [2.24, 2.45) is 11.7 Å². The minimum absolute atomic E-state index is 0.0828. The number of nitriles is 1. The maximum absolute atomic E-state index is 12.5. The molecule has 1 amide bonds. The van der Waals surface area contributed by atoms with Crippen LogP contribution in [0.1, 0.15) is 26.0 Å². The Kier molecular flexibility index (Phi) is 8.57. The highest BCUT2D eigenvalue weighted by molar-refractivity contribution is 6.00. The van der Waals surface area contributed by atoms with Crippen molar-refractivity contribution in [3.05, 3.63) is 73.3 Å². The average Bonchev–Trinajstić information content (AvgIpc) is 3.33. The predicted molar refractivity (Wildman–Crippen MR) is 152 cm³/mol. The summed E-state index contributed by atoms with van der Waals surface area (Å²) in [5.41, 5.74) is 10.4.